The van der Waals surface area contributed by atoms with Crippen LogP contribution in [0.25, 0.3) is 0 Å². The Kier molecular flexibility index (Phi) is 4.78. The highest BCUT2D eigenvalue weighted by molar-refractivity contribution is 7.48. The first-order chi connectivity index (χ1) is 6.74. The summed E-state index contributed by atoms with van der Waals surface area (Å²) in [4.78, 5) is 0. The van der Waals surface area contributed by atoms with Crippen molar-refractivity contribution in [2.24, 2.45) is 0 Å². The summed E-state index contributed by atoms with van der Waals surface area (Å²) in [5, 5.41) is 0.779. The monoisotopic (exact) mass is 211 g/mol. The topological polar surface area (TPSA) is 26.3 Å². The smallest absolute Gasteiger partial charge is 0.142 e. The highest BCUT2D eigenvalue weighted by Gasteiger charge is 2.20. The number of aryl methyl sites for hydroxylation is 1. The van der Waals surface area contributed by atoms with Crippen molar-refractivity contribution in [3.05, 3.63) is 29.8 Å². The van der Waals surface area contributed by atoms with Crippen molar-refractivity contribution in [2.75, 3.05) is 6.61 Å². The molecule has 0 aliphatic heterocycles. The molecule has 0 amide bonds. The van der Waals surface area contributed by atoms with Gasteiger partial charge in [-0.2, -0.15) is 0 Å². The molecule has 14 heavy (non-hydrogen) atoms. The van der Waals surface area contributed by atoms with Crippen LogP contribution in [0.5, 0.6) is 0 Å². The van der Waals surface area contributed by atoms with E-state index in [1.165, 1.54) is 5.56 Å². The van der Waals surface area contributed by atoms with Gasteiger partial charge in [-0.15, -0.1) is 4.52 Å². The Hall–Kier alpha value is -0.720. The molecule has 0 aliphatic rings. The third-order valence-corrected chi connectivity index (χ3v) is 3.09. The lowest BCUT2D eigenvalue weighted by atomic mass is 10.2. The van der Waals surface area contributed by atoms with Crippen LogP contribution in [0.15, 0.2) is 24.3 Å². The third kappa shape index (κ3) is 3.57. The first-order valence-corrected chi connectivity index (χ1v) is 6.08. The minimum atomic E-state index is -1.65. The number of benzene rings is 1. The molecule has 2 nitrogen and oxygen atoms in total. The first-order valence-electron chi connectivity index (χ1n) is 4.91. The van der Waals surface area contributed by atoms with E-state index in [4.69, 9.17) is 4.52 Å². The van der Waals surface area contributed by atoms with Gasteiger partial charge in [0.15, 0.2) is 0 Å². The zero-order valence-corrected chi connectivity index (χ0v) is 9.59. The van der Waals surface area contributed by atoms with Crippen LogP contribution in [0.4, 0.5) is 0 Å². The molecule has 1 atom stereocenters. The summed E-state index contributed by atoms with van der Waals surface area (Å²) in [6.45, 7) is 4.68. The fourth-order valence-corrected chi connectivity index (χ4v) is 1.87. The summed E-state index contributed by atoms with van der Waals surface area (Å²) in [6.07, 6.45) is 2.03. The van der Waals surface area contributed by atoms with E-state index in [-0.39, 0.29) is 0 Å². The molecule has 0 heterocycles. The van der Waals surface area contributed by atoms with E-state index in [2.05, 4.69) is 6.92 Å². The highest BCUT2D eigenvalue weighted by atomic mass is 31.1. The molecular formula is C11H16O2P+. The van der Waals surface area contributed by atoms with Crippen molar-refractivity contribution in [1.29, 1.82) is 0 Å². The number of hydrogen-bond donors (Lipinski definition) is 0. The summed E-state index contributed by atoms with van der Waals surface area (Å²) in [5.41, 5.74) is 1.17. The van der Waals surface area contributed by atoms with Crippen LogP contribution in [0, 0.1) is 6.92 Å². The lowest BCUT2D eigenvalue weighted by Gasteiger charge is -1.91. The molecule has 0 saturated carbocycles. The maximum atomic E-state index is 11.6. The van der Waals surface area contributed by atoms with E-state index in [9.17, 15) is 4.57 Å². The lowest BCUT2D eigenvalue weighted by Crippen LogP contribution is -1.98. The van der Waals surface area contributed by atoms with Crippen molar-refractivity contribution in [2.45, 2.75) is 26.7 Å². The predicted molar refractivity (Wildman–Crippen MR) is 59.3 cm³/mol. The maximum absolute atomic E-state index is 11.6. The minimum absolute atomic E-state index is 0.583. The molecule has 0 aliphatic carbocycles. The summed E-state index contributed by atoms with van der Waals surface area (Å²) in [5.74, 6) is 0. The van der Waals surface area contributed by atoms with Crippen molar-refractivity contribution >= 4 is 13.3 Å². The molecule has 1 rings (SSSR count). The molecule has 0 bridgehead atoms. The van der Waals surface area contributed by atoms with Gasteiger partial charge in [-0.1, -0.05) is 31.0 Å². The van der Waals surface area contributed by atoms with Gasteiger partial charge in [0.05, 0.1) is 0 Å². The maximum Gasteiger partial charge on any atom is 0.548 e. The van der Waals surface area contributed by atoms with Crippen molar-refractivity contribution in [3.8, 4) is 0 Å². The van der Waals surface area contributed by atoms with Crippen LogP contribution in [0.2, 0.25) is 0 Å². The molecule has 0 aromatic heterocycles. The van der Waals surface area contributed by atoms with E-state index in [1.807, 2.05) is 31.2 Å². The average Bonchev–Trinajstić information content (AvgIpc) is 2.19. The number of hydrogen-bond acceptors (Lipinski definition) is 2. The molecular weight excluding hydrogens is 195 g/mol. The van der Waals surface area contributed by atoms with Gasteiger partial charge in [0.25, 0.3) is 0 Å². The summed E-state index contributed by atoms with van der Waals surface area (Å²) in [6, 6.07) is 7.62. The van der Waals surface area contributed by atoms with Crippen LogP contribution in [0.3, 0.4) is 0 Å². The molecule has 3 heteroatoms. The largest absolute Gasteiger partial charge is 0.548 e. The Morgan fingerprint density at radius 2 is 1.93 bits per heavy atom. The van der Waals surface area contributed by atoms with E-state index in [0.29, 0.717) is 6.61 Å². The van der Waals surface area contributed by atoms with Crippen LogP contribution in [-0.4, -0.2) is 6.61 Å². The molecule has 1 unspecified atom stereocenters. The number of rotatable bonds is 5. The van der Waals surface area contributed by atoms with Crippen molar-refractivity contribution < 1.29 is 9.09 Å². The molecule has 0 N–H and O–H groups in total. The van der Waals surface area contributed by atoms with Crippen molar-refractivity contribution in [1.82, 2.24) is 0 Å². The van der Waals surface area contributed by atoms with E-state index in [0.717, 1.165) is 18.1 Å². The Bertz CT molecular complexity index is 293. The van der Waals surface area contributed by atoms with Gasteiger partial charge < -0.3 is 0 Å². The normalized spacial score (nSPS) is 11.4. The molecule has 0 fully saturated rings. The Morgan fingerprint density at radius 3 is 2.50 bits per heavy atom. The Morgan fingerprint density at radius 1 is 1.29 bits per heavy atom. The van der Waals surface area contributed by atoms with E-state index >= 15 is 0 Å². The minimum Gasteiger partial charge on any atom is -0.142 e. The van der Waals surface area contributed by atoms with Gasteiger partial charge in [-0.05, 0) is 30.0 Å². The van der Waals surface area contributed by atoms with Gasteiger partial charge in [0.2, 0.25) is 5.30 Å². The Labute approximate surface area is 86.2 Å². The van der Waals surface area contributed by atoms with Crippen molar-refractivity contribution in [3.63, 3.8) is 0 Å². The van der Waals surface area contributed by atoms with Crippen LogP contribution in [-0.2, 0) is 9.09 Å². The molecule has 1 aromatic carbocycles. The first kappa shape index (κ1) is 11.4. The number of unbranched alkanes of at least 4 members (excludes halogenated alkanes) is 1. The second kappa shape index (κ2) is 5.90. The van der Waals surface area contributed by atoms with Gasteiger partial charge in [-0.25, -0.2) is 0 Å². The zero-order chi connectivity index (χ0) is 10.4. The predicted octanol–water partition coefficient (Wildman–Crippen LogP) is 3.18. The van der Waals surface area contributed by atoms with E-state index in [1.54, 1.807) is 0 Å². The van der Waals surface area contributed by atoms with Crippen LogP contribution >= 0.6 is 8.03 Å². The molecule has 0 radical (unpaired) electrons. The fraction of sp³-hybridized carbons (Fsp3) is 0.455. The van der Waals surface area contributed by atoms with Gasteiger partial charge in [-0.3, -0.25) is 0 Å². The van der Waals surface area contributed by atoms with Gasteiger partial charge in [0.1, 0.15) is 6.61 Å². The molecule has 76 valence electrons. The van der Waals surface area contributed by atoms with Gasteiger partial charge in [0, 0.05) is 0 Å². The third-order valence-electron chi connectivity index (χ3n) is 1.95. The average molecular weight is 211 g/mol. The summed E-state index contributed by atoms with van der Waals surface area (Å²) in [7, 11) is -1.65. The Balaban J connectivity index is 2.48. The van der Waals surface area contributed by atoms with Crippen LogP contribution < -0.4 is 5.30 Å². The highest BCUT2D eigenvalue weighted by Crippen LogP contribution is 2.21. The SMILES string of the molecule is CCCCO[P+](=O)c1ccc(C)cc1. The molecule has 0 saturated heterocycles. The van der Waals surface area contributed by atoms with E-state index < -0.39 is 8.03 Å². The molecule has 0 spiro atoms. The molecule has 1 aromatic rings. The second-order valence-corrected chi connectivity index (χ2v) is 4.57. The zero-order valence-electron chi connectivity index (χ0n) is 8.69. The van der Waals surface area contributed by atoms with Crippen LogP contribution in [0.1, 0.15) is 25.3 Å². The fourth-order valence-electron chi connectivity index (χ4n) is 1.03. The quantitative estimate of drug-likeness (QED) is 0.552. The summed E-state index contributed by atoms with van der Waals surface area (Å²) >= 11 is 0. The second-order valence-electron chi connectivity index (χ2n) is 3.28. The standard InChI is InChI=1S/C11H16O2P/c1-3-4-9-13-14(12)11-7-5-10(2)6-8-11/h5-8H,3-4,9H2,1-2H3/q+1. The summed E-state index contributed by atoms with van der Waals surface area (Å²) < 4.78 is 16.8. The van der Waals surface area contributed by atoms with Gasteiger partial charge >= 0.3 is 8.03 Å². The lowest BCUT2D eigenvalue weighted by molar-refractivity contribution is 0.326.